The van der Waals surface area contributed by atoms with Gasteiger partial charge in [0.05, 0.1) is 35.5 Å². The van der Waals surface area contributed by atoms with E-state index in [1.165, 1.54) is 46.3 Å². The van der Waals surface area contributed by atoms with Gasteiger partial charge in [0.2, 0.25) is 5.43 Å². The number of anilines is 1. The molecule has 4 bridgehead atoms. The van der Waals surface area contributed by atoms with Crippen molar-refractivity contribution >= 4 is 45.2 Å². The van der Waals surface area contributed by atoms with Crippen molar-refractivity contribution < 1.29 is 53.1 Å². The number of aryl methyl sites for hydroxylation is 1. The fourth-order valence-electron chi connectivity index (χ4n) is 8.60. The van der Waals surface area contributed by atoms with Gasteiger partial charge >= 0.3 is 11.8 Å². The lowest BCUT2D eigenvalue weighted by atomic mass is 9.78. The van der Waals surface area contributed by atoms with E-state index in [1.54, 1.807) is 52.8 Å². The minimum Gasteiger partial charge on any atom is -0.507 e. The highest BCUT2D eigenvalue weighted by molar-refractivity contribution is 6.22. The highest BCUT2D eigenvalue weighted by Gasteiger charge is 2.50. The fourth-order valence-corrected chi connectivity index (χ4v) is 8.60. The quantitative estimate of drug-likeness (QED) is 0.0935. The number of benzene rings is 3. The molecule has 0 fully saturated rings. The van der Waals surface area contributed by atoms with Crippen LogP contribution in [-0.4, -0.2) is 101 Å². The SMILES string of the molecule is CO[C@H]1/C=C/O[C@@]2(C)Oc3c(C)c(O)c4c(=O)c(c5oc6cc(CCCN(C)C)ccc6nc-5c4c3C2=O)NC(=O)/C(C)=C\C=C\[C@H](C)[C@H](O)[C@@H](C)[C@@H](O)[C@@H](C)[C@H](OC(C)=O)[C@@H]1C. The maximum atomic E-state index is 14.7. The number of ether oxygens (including phenoxy) is 4. The lowest BCUT2D eigenvalue weighted by Crippen LogP contribution is -2.46. The molecule has 15 nitrogen and oxygen atoms in total. The first-order valence-corrected chi connectivity index (χ1v) is 21.2. The van der Waals surface area contributed by atoms with Gasteiger partial charge in [-0.15, -0.1) is 0 Å². The largest absolute Gasteiger partial charge is 0.507 e. The summed E-state index contributed by atoms with van der Waals surface area (Å²) in [5.74, 6) is -7.07. The number of nitrogens with zero attached hydrogens (tertiary/aromatic N) is 2. The van der Waals surface area contributed by atoms with Crippen molar-refractivity contribution in [3.8, 4) is 23.0 Å². The number of methoxy groups -OCH3 is 1. The summed E-state index contributed by atoms with van der Waals surface area (Å²) in [5, 5.41) is 37.1. The molecule has 0 aromatic heterocycles. The van der Waals surface area contributed by atoms with Gasteiger partial charge in [-0.3, -0.25) is 19.2 Å². The summed E-state index contributed by atoms with van der Waals surface area (Å²) in [7, 11) is 5.44. The Morgan fingerprint density at radius 2 is 1.71 bits per heavy atom. The minimum absolute atomic E-state index is 0.0186. The van der Waals surface area contributed by atoms with Gasteiger partial charge in [0.15, 0.2) is 11.3 Å². The minimum atomic E-state index is -2.02. The number of phenols is 1. The van der Waals surface area contributed by atoms with Crippen LogP contribution in [0.2, 0.25) is 0 Å². The first-order valence-electron chi connectivity index (χ1n) is 21.2. The van der Waals surface area contributed by atoms with Gasteiger partial charge in [0.1, 0.15) is 34.5 Å². The maximum Gasteiger partial charge on any atom is 0.312 e. The molecule has 0 radical (unpaired) electrons. The van der Waals surface area contributed by atoms with Crippen LogP contribution in [0.3, 0.4) is 0 Å². The molecule has 1 aliphatic carbocycles. The van der Waals surface area contributed by atoms with Crippen LogP contribution in [0.4, 0.5) is 5.69 Å². The van der Waals surface area contributed by atoms with E-state index in [-0.39, 0.29) is 50.4 Å². The van der Waals surface area contributed by atoms with Crippen LogP contribution in [0.15, 0.2) is 63.6 Å². The Kier molecular flexibility index (Phi) is 13.9. The number of fused-ring (bicyclic) bond motifs is 2. The molecule has 9 atom stereocenters. The van der Waals surface area contributed by atoms with E-state index in [0.717, 1.165) is 24.9 Å². The second kappa shape index (κ2) is 18.6. The third-order valence-electron chi connectivity index (χ3n) is 12.5. The summed E-state index contributed by atoms with van der Waals surface area (Å²) < 4.78 is 30.4. The van der Waals surface area contributed by atoms with E-state index in [0.29, 0.717) is 11.1 Å². The average Bonchev–Trinajstić information content (AvgIpc) is 3.50. The van der Waals surface area contributed by atoms with Crippen molar-refractivity contribution in [3.05, 3.63) is 81.3 Å². The van der Waals surface area contributed by atoms with Gasteiger partial charge in [-0.05, 0) is 71.1 Å². The van der Waals surface area contributed by atoms with Gasteiger partial charge in [-0.2, -0.15) is 0 Å². The number of phenolic OH excluding ortho intramolecular Hbond substituents is 1. The van der Waals surface area contributed by atoms with Crippen LogP contribution in [0, 0.1) is 30.6 Å². The summed E-state index contributed by atoms with van der Waals surface area (Å²) in [6.07, 6.45) is 5.29. The topological polar surface area (TPSA) is 207 Å². The Bertz CT molecular complexity index is 2540. The monoisotopic (exact) mass is 869 g/mol. The number of hydrogen-bond acceptors (Lipinski definition) is 14. The molecule has 0 unspecified atom stereocenters. The lowest BCUT2D eigenvalue weighted by Gasteiger charge is -2.38. The molecule has 15 heteroatoms. The zero-order valence-electron chi connectivity index (χ0n) is 37.8. The van der Waals surface area contributed by atoms with Crippen molar-refractivity contribution in [2.75, 3.05) is 33.1 Å². The zero-order chi connectivity index (χ0) is 46.2. The van der Waals surface area contributed by atoms with Gasteiger partial charge in [0, 0.05) is 61.2 Å². The number of aromatic hydroxyl groups is 1. The van der Waals surface area contributed by atoms with Crippen molar-refractivity contribution in [1.29, 1.82) is 0 Å². The summed E-state index contributed by atoms with van der Waals surface area (Å²) in [4.78, 5) is 62.7. The number of amides is 1. The molecule has 3 heterocycles. The second-order valence-electron chi connectivity index (χ2n) is 17.4. The van der Waals surface area contributed by atoms with E-state index < -0.39 is 82.7 Å². The molecule has 1 amide bonds. The Morgan fingerprint density at radius 3 is 2.38 bits per heavy atom. The Labute approximate surface area is 366 Å². The number of esters is 1. The molecule has 6 rings (SSSR count). The Morgan fingerprint density at radius 1 is 1.00 bits per heavy atom. The maximum absolute atomic E-state index is 14.7. The number of carbonyl (C=O) groups is 3. The van der Waals surface area contributed by atoms with E-state index in [1.807, 2.05) is 26.2 Å². The van der Waals surface area contributed by atoms with E-state index in [4.69, 9.17) is 28.3 Å². The van der Waals surface area contributed by atoms with Crippen LogP contribution in [-0.2, 0) is 30.2 Å². The smallest absolute Gasteiger partial charge is 0.312 e. The molecule has 0 saturated carbocycles. The summed E-state index contributed by atoms with van der Waals surface area (Å²) in [6.45, 7) is 13.5. The molecular weight excluding hydrogens is 811 g/mol. The number of ketones is 1. The zero-order valence-corrected chi connectivity index (χ0v) is 37.8. The summed E-state index contributed by atoms with van der Waals surface area (Å²) in [5.41, 5.74) is 0.770. The normalized spacial score (nSPS) is 29.1. The number of aromatic nitrogens is 1. The molecule has 3 aliphatic heterocycles. The Hall–Kier alpha value is -5.61. The van der Waals surface area contributed by atoms with Crippen molar-refractivity contribution in [2.45, 2.75) is 98.4 Å². The van der Waals surface area contributed by atoms with Crippen LogP contribution >= 0.6 is 0 Å². The summed E-state index contributed by atoms with van der Waals surface area (Å²) in [6, 6.07) is 5.53. The third kappa shape index (κ3) is 9.10. The van der Waals surface area contributed by atoms with Crippen LogP contribution in [0.1, 0.15) is 76.4 Å². The number of aliphatic hydroxyl groups is 2. The van der Waals surface area contributed by atoms with Gasteiger partial charge < -0.3 is 48.9 Å². The summed E-state index contributed by atoms with van der Waals surface area (Å²) >= 11 is 0. The van der Waals surface area contributed by atoms with E-state index in [9.17, 15) is 34.5 Å². The van der Waals surface area contributed by atoms with Gasteiger partial charge in [-0.25, -0.2) is 4.98 Å². The number of nitrogens with one attached hydrogen (secondary N) is 1. The average molecular weight is 870 g/mol. The second-order valence-corrected chi connectivity index (χ2v) is 17.4. The lowest BCUT2D eigenvalue weighted by molar-refractivity contribution is -0.160. The van der Waals surface area contributed by atoms with Crippen LogP contribution < -0.4 is 15.5 Å². The standard InChI is InChI=1S/C48H59N3O12/c1-23-14-12-15-24(2)47(58)50-38-42(56)35-34(37-45(38)62-33-22-30(16-13-20-51(9)10)17-18-31(33)49-37)36-44(28(6)41(35)55)63-48(8,46(36)57)60-21-19-32(59-11)25(3)43(61-29(7)52)27(5)40(54)26(4)39(23)53/h12,14-15,17-19,21-23,25-27,32,39-40,43,53-55H,13,16,20H2,1-11H3,(H,50,58)/b14-12+,21-19+,24-15-/t23-,25+,26+,27+,32-,39-,40+,43+,48-/m0/s1. The van der Waals surface area contributed by atoms with Crippen LogP contribution in [0.25, 0.3) is 33.3 Å². The third-order valence-corrected chi connectivity index (χ3v) is 12.5. The highest BCUT2D eigenvalue weighted by atomic mass is 16.7. The number of allylic oxidation sites excluding steroid dienone is 2. The highest BCUT2D eigenvalue weighted by Crippen LogP contribution is 2.50. The first-order chi connectivity index (χ1) is 29.7. The molecular formula is C48H59N3O12. The predicted molar refractivity (Wildman–Crippen MR) is 238 cm³/mol. The van der Waals surface area contributed by atoms with E-state index in [2.05, 4.69) is 10.2 Å². The van der Waals surface area contributed by atoms with Crippen molar-refractivity contribution in [3.63, 3.8) is 0 Å². The van der Waals surface area contributed by atoms with E-state index >= 15 is 0 Å². The molecule has 0 spiro atoms. The molecule has 2 aromatic carbocycles. The molecule has 4 N–H and O–H groups in total. The molecule has 0 saturated heterocycles. The molecule has 2 aromatic rings. The molecule has 4 aliphatic rings. The van der Waals surface area contributed by atoms with Gasteiger partial charge in [0.25, 0.3) is 11.7 Å². The molecule has 63 heavy (non-hydrogen) atoms. The molecule has 338 valence electrons. The van der Waals surface area contributed by atoms with Crippen LogP contribution in [0.5, 0.6) is 11.5 Å². The number of rotatable bonds is 6. The number of carbonyl (C=O) groups excluding carboxylic acids is 3. The van der Waals surface area contributed by atoms with Crippen molar-refractivity contribution in [1.82, 2.24) is 9.88 Å². The fraction of sp³-hybridized carbons (Fsp3) is 0.479. The Balaban J connectivity index is 1.57. The van der Waals surface area contributed by atoms with Crippen molar-refractivity contribution in [2.24, 2.45) is 23.7 Å². The predicted octanol–water partition coefficient (Wildman–Crippen LogP) is 6.44. The first kappa shape index (κ1) is 46.9. The number of hydrogen-bond donors (Lipinski definition) is 4. The number of aliphatic hydroxyl groups excluding tert-OH is 2. The van der Waals surface area contributed by atoms with Gasteiger partial charge in [-0.1, -0.05) is 52.0 Å². The number of Topliss-reactive ketones (excluding diaryl/α,β-unsaturated/α-hetero) is 1.